The minimum atomic E-state index is -0.558. The summed E-state index contributed by atoms with van der Waals surface area (Å²) in [4.78, 5) is 11.5. The van der Waals surface area contributed by atoms with Crippen molar-refractivity contribution < 1.29 is 33.2 Å². The summed E-state index contributed by atoms with van der Waals surface area (Å²) in [5.74, 6) is -0.569. The molecule has 0 saturated carbocycles. The maximum absolute atomic E-state index is 11.5. The van der Waals surface area contributed by atoms with Crippen molar-refractivity contribution in [3.05, 3.63) is 0 Å². The third-order valence-electron chi connectivity index (χ3n) is 3.53. The third kappa shape index (κ3) is 5.17. The van der Waals surface area contributed by atoms with E-state index in [1.807, 2.05) is 13.8 Å². The molecule has 1 heterocycles. The van der Waals surface area contributed by atoms with Gasteiger partial charge in [0.25, 0.3) is 0 Å². The van der Waals surface area contributed by atoms with Gasteiger partial charge >= 0.3 is 5.97 Å². The zero-order valence-corrected chi connectivity index (χ0v) is 14.1. The molecule has 0 radical (unpaired) electrons. The molecule has 7 heteroatoms. The molecule has 1 saturated heterocycles. The molecule has 0 aromatic rings. The number of carbonyl (C=O) groups excluding carboxylic acids is 1. The van der Waals surface area contributed by atoms with Gasteiger partial charge in [0.15, 0.2) is 6.29 Å². The normalized spacial score (nSPS) is 32.0. The van der Waals surface area contributed by atoms with Gasteiger partial charge in [0.1, 0.15) is 18.3 Å². The summed E-state index contributed by atoms with van der Waals surface area (Å²) >= 11 is 0. The molecule has 1 aliphatic heterocycles. The Kier molecular flexibility index (Phi) is 8.89. The van der Waals surface area contributed by atoms with Gasteiger partial charge in [-0.1, -0.05) is 0 Å². The highest BCUT2D eigenvalue weighted by atomic mass is 16.7. The lowest BCUT2D eigenvalue weighted by Crippen LogP contribution is -2.59. The highest BCUT2D eigenvalue weighted by Crippen LogP contribution is 2.31. The molecular formula is C15H28O7. The number of hydrogen-bond acceptors (Lipinski definition) is 7. The molecule has 7 nitrogen and oxygen atoms in total. The van der Waals surface area contributed by atoms with Crippen LogP contribution < -0.4 is 0 Å². The van der Waals surface area contributed by atoms with E-state index in [-0.39, 0.29) is 18.0 Å². The topological polar surface area (TPSA) is 72.5 Å². The van der Waals surface area contributed by atoms with Crippen LogP contribution in [0.25, 0.3) is 0 Å². The van der Waals surface area contributed by atoms with Gasteiger partial charge in [-0.05, 0) is 13.8 Å². The standard InChI is InChI=1S/C15H28O7/c1-6-19-9-12-13(21-10(3)16)11(8-17-4)14(20-7-2)15(18-5)22-12/h11-15H,6-9H2,1-5H3. The van der Waals surface area contributed by atoms with Crippen LogP contribution in [0.2, 0.25) is 0 Å². The fourth-order valence-corrected chi connectivity index (χ4v) is 2.68. The molecule has 130 valence electrons. The maximum Gasteiger partial charge on any atom is 0.303 e. The summed E-state index contributed by atoms with van der Waals surface area (Å²) in [5, 5.41) is 0. The smallest absolute Gasteiger partial charge is 0.303 e. The van der Waals surface area contributed by atoms with E-state index < -0.39 is 18.5 Å². The number of esters is 1. The van der Waals surface area contributed by atoms with Crippen molar-refractivity contribution in [2.45, 2.75) is 45.4 Å². The fraction of sp³-hybridized carbons (Fsp3) is 0.933. The Balaban J connectivity index is 2.99. The fourth-order valence-electron chi connectivity index (χ4n) is 2.68. The van der Waals surface area contributed by atoms with Gasteiger partial charge < -0.3 is 28.4 Å². The molecule has 0 bridgehead atoms. The van der Waals surface area contributed by atoms with Crippen LogP contribution >= 0.6 is 0 Å². The van der Waals surface area contributed by atoms with Crippen LogP contribution in [-0.4, -0.2) is 71.2 Å². The Labute approximate surface area is 132 Å². The lowest BCUT2D eigenvalue weighted by atomic mass is 9.89. The molecule has 0 spiro atoms. The molecule has 1 aliphatic rings. The van der Waals surface area contributed by atoms with Crippen molar-refractivity contribution in [1.82, 2.24) is 0 Å². The highest BCUT2D eigenvalue weighted by molar-refractivity contribution is 5.66. The molecule has 22 heavy (non-hydrogen) atoms. The van der Waals surface area contributed by atoms with Gasteiger partial charge in [-0.2, -0.15) is 0 Å². The molecule has 0 aliphatic carbocycles. The predicted octanol–water partition coefficient (Wildman–Crippen LogP) is 0.994. The van der Waals surface area contributed by atoms with Crippen molar-refractivity contribution in [2.75, 3.05) is 40.6 Å². The quantitative estimate of drug-likeness (QED) is 0.587. The number of rotatable bonds is 9. The van der Waals surface area contributed by atoms with Crippen molar-refractivity contribution in [3.8, 4) is 0 Å². The van der Waals surface area contributed by atoms with Crippen molar-refractivity contribution in [3.63, 3.8) is 0 Å². The van der Waals surface area contributed by atoms with Gasteiger partial charge in [-0.3, -0.25) is 4.79 Å². The van der Waals surface area contributed by atoms with Crippen molar-refractivity contribution in [1.29, 1.82) is 0 Å². The number of hydrogen-bond donors (Lipinski definition) is 0. The van der Waals surface area contributed by atoms with Crippen LogP contribution in [0.1, 0.15) is 20.8 Å². The van der Waals surface area contributed by atoms with E-state index in [0.717, 1.165) is 0 Å². The van der Waals surface area contributed by atoms with Crippen LogP contribution in [0.3, 0.4) is 0 Å². The van der Waals surface area contributed by atoms with Crippen LogP contribution in [0.4, 0.5) is 0 Å². The van der Waals surface area contributed by atoms with Crippen LogP contribution in [0.5, 0.6) is 0 Å². The first kappa shape index (κ1) is 19.3. The molecule has 1 fully saturated rings. The summed E-state index contributed by atoms with van der Waals surface area (Å²) < 4.78 is 33.3. The van der Waals surface area contributed by atoms with E-state index in [4.69, 9.17) is 28.4 Å². The summed E-state index contributed by atoms with van der Waals surface area (Å²) in [5.41, 5.74) is 0. The molecule has 5 atom stereocenters. The Hall–Kier alpha value is -0.730. The largest absolute Gasteiger partial charge is 0.459 e. The highest BCUT2D eigenvalue weighted by Gasteiger charge is 2.48. The first-order chi connectivity index (χ1) is 10.6. The lowest BCUT2D eigenvalue weighted by Gasteiger charge is -2.45. The second-order valence-electron chi connectivity index (χ2n) is 5.05. The Bertz CT molecular complexity index is 323. The molecule has 0 aromatic carbocycles. The summed E-state index contributed by atoms with van der Waals surface area (Å²) in [6, 6.07) is 0. The molecular weight excluding hydrogens is 292 g/mol. The maximum atomic E-state index is 11.5. The van der Waals surface area contributed by atoms with E-state index in [2.05, 4.69) is 0 Å². The van der Waals surface area contributed by atoms with Crippen LogP contribution in [0.15, 0.2) is 0 Å². The first-order valence-electron chi connectivity index (χ1n) is 7.62. The number of ether oxygens (including phenoxy) is 6. The number of methoxy groups -OCH3 is 2. The van der Waals surface area contributed by atoms with Gasteiger partial charge in [-0.15, -0.1) is 0 Å². The number of carbonyl (C=O) groups is 1. The second-order valence-corrected chi connectivity index (χ2v) is 5.05. The van der Waals surface area contributed by atoms with Crippen LogP contribution in [0, 0.1) is 5.92 Å². The Morgan fingerprint density at radius 1 is 1.09 bits per heavy atom. The zero-order valence-electron chi connectivity index (χ0n) is 14.1. The minimum absolute atomic E-state index is 0.196. The summed E-state index contributed by atoms with van der Waals surface area (Å²) in [7, 11) is 3.16. The average molecular weight is 320 g/mol. The lowest BCUT2D eigenvalue weighted by molar-refractivity contribution is -0.299. The van der Waals surface area contributed by atoms with E-state index in [1.54, 1.807) is 14.2 Å². The Morgan fingerprint density at radius 3 is 2.32 bits per heavy atom. The second kappa shape index (κ2) is 10.1. The van der Waals surface area contributed by atoms with Crippen molar-refractivity contribution >= 4 is 5.97 Å². The minimum Gasteiger partial charge on any atom is -0.459 e. The molecule has 5 unspecified atom stereocenters. The molecule has 0 amide bonds. The van der Waals surface area contributed by atoms with Gasteiger partial charge in [0, 0.05) is 34.4 Å². The molecule has 0 aromatic heterocycles. The van der Waals surface area contributed by atoms with E-state index in [0.29, 0.717) is 26.4 Å². The SMILES string of the molecule is CCOCC1OC(OC)C(OCC)C(COC)C1OC(C)=O. The van der Waals surface area contributed by atoms with Crippen LogP contribution in [-0.2, 0) is 33.2 Å². The van der Waals surface area contributed by atoms with E-state index in [9.17, 15) is 4.79 Å². The molecule has 1 rings (SSSR count). The summed E-state index contributed by atoms with van der Waals surface area (Å²) in [6.07, 6.45) is -1.87. The molecule has 0 N–H and O–H groups in total. The van der Waals surface area contributed by atoms with Crippen molar-refractivity contribution in [2.24, 2.45) is 5.92 Å². The predicted molar refractivity (Wildman–Crippen MR) is 78.5 cm³/mol. The Morgan fingerprint density at radius 2 is 1.82 bits per heavy atom. The van der Waals surface area contributed by atoms with Gasteiger partial charge in [0.05, 0.1) is 19.1 Å². The summed E-state index contributed by atoms with van der Waals surface area (Å²) in [6.45, 7) is 6.89. The van der Waals surface area contributed by atoms with E-state index >= 15 is 0 Å². The van der Waals surface area contributed by atoms with E-state index in [1.165, 1.54) is 6.92 Å². The first-order valence-corrected chi connectivity index (χ1v) is 7.62. The monoisotopic (exact) mass is 320 g/mol. The zero-order chi connectivity index (χ0) is 16.5. The third-order valence-corrected chi connectivity index (χ3v) is 3.53. The van der Waals surface area contributed by atoms with Gasteiger partial charge in [-0.25, -0.2) is 0 Å². The average Bonchev–Trinajstić information content (AvgIpc) is 2.49. The van der Waals surface area contributed by atoms with Gasteiger partial charge in [0.2, 0.25) is 0 Å².